The highest BCUT2D eigenvalue weighted by Gasteiger charge is 2.26. The van der Waals surface area contributed by atoms with E-state index in [0.717, 1.165) is 29.5 Å². The average molecular weight is 362 g/mol. The summed E-state index contributed by atoms with van der Waals surface area (Å²) in [6.07, 6.45) is 8.83. The number of aromatic nitrogens is 3. The highest BCUT2D eigenvalue weighted by Crippen LogP contribution is 2.28. The Kier molecular flexibility index (Phi) is 4.98. The van der Waals surface area contributed by atoms with Gasteiger partial charge in [-0.2, -0.15) is 5.10 Å². The van der Waals surface area contributed by atoms with Crippen molar-refractivity contribution in [3.63, 3.8) is 0 Å². The summed E-state index contributed by atoms with van der Waals surface area (Å²) in [4.78, 5) is 16.8. The Hall–Kier alpha value is -2.99. The first-order valence-corrected chi connectivity index (χ1v) is 9.10. The zero-order chi connectivity index (χ0) is 18.6. The molecule has 0 radical (unpaired) electrons. The summed E-state index contributed by atoms with van der Waals surface area (Å²) in [7, 11) is 1.89. The molecule has 138 valence electrons. The molecule has 3 aromatic rings. The zero-order valence-electron chi connectivity index (χ0n) is 15.2. The Morgan fingerprint density at radius 3 is 2.85 bits per heavy atom. The number of amides is 1. The maximum absolute atomic E-state index is 12.8. The minimum atomic E-state index is -0.0530. The van der Waals surface area contributed by atoms with E-state index in [1.54, 1.807) is 17.1 Å². The van der Waals surface area contributed by atoms with Crippen LogP contribution < -0.4 is 5.32 Å². The third-order valence-corrected chi connectivity index (χ3v) is 4.85. The molecule has 1 aliphatic rings. The number of pyridine rings is 1. The van der Waals surface area contributed by atoms with E-state index in [-0.39, 0.29) is 18.1 Å². The first kappa shape index (κ1) is 17.4. The number of hydrogen-bond donors (Lipinski definition) is 1. The van der Waals surface area contributed by atoms with E-state index < -0.39 is 0 Å². The molecule has 2 aromatic heterocycles. The fourth-order valence-corrected chi connectivity index (χ4v) is 3.42. The largest absolute Gasteiger partial charge is 0.373 e. The van der Waals surface area contributed by atoms with Crippen molar-refractivity contribution in [1.82, 2.24) is 20.1 Å². The monoisotopic (exact) mass is 362 g/mol. The lowest BCUT2D eigenvalue weighted by atomic mass is 9.98. The first-order chi connectivity index (χ1) is 13.2. The predicted octanol–water partition coefficient (Wildman–Crippen LogP) is 3.13. The molecule has 0 bridgehead atoms. The average Bonchev–Trinajstić information content (AvgIpc) is 3.15. The molecule has 1 aromatic carbocycles. The smallest absolute Gasteiger partial charge is 0.251 e. The van der Waals surface area contributed by atoms with Crippen molar-refractivity contribution < 1.29 is 9.53 Å². The van der Waals surface area contributed by atoms with Crippen LogP contribution in [-0.2, 0) is 11.8 Å². The third kappa shape index (κ3) is 4.06. The lowest BCUT2D eigenvalue weighted by molar-refractivity contribution is 0.000867. The second-order valence-corrected chi connectivity index (χ2v) is 6.82. The molecule has 1 N–H and O–H groups in total. The van der Waals surface area contributed by atoms with Crippen molar-refractivity contribution in [3.05, 3.63) is 72.3 Å². The number of rotatable bonds is 4. The van der Waals surface area contributed by atoms with Crippen LogP contribution in [0, 0.1) is 0 Å². The summed E-state index contributed by atoms with van der Waals surface area (Å²) in [6.45, 7) is 0.627. The van der Waals surface area contributed by atoms with Crippen LogP contribution in [0.1, 0.15) is 34.9 Å². The van der Waals surface area contributed by atoms with Crippen LogP contribution in [0.15, 0.2) is 61.2 Å². The minimum Gasteiger partial charge on any atom is -0.373 e. The molecule has 6 nitrogen and oxygen atoms in total. The lowest BCUT2D eigenvalue weighted by Crippen LogP contribution is -2.39. The Morgan fingerprint density at radius 2 is 2.07 bits per heavy atom. The zero-order valence-corrected chi connectivity index (χ0v) is 15.2. The van der Waals surface area contributed by atoms with Crippen LogP contribution in [0.3, 0.4) is 0 Å². The molecule has 2 unspecified atom stereocenters. The van der Waals surface area contributed by atoms with Crippen molar-refractivity contribution in [2.75, 3.05) is 6.61 Å². The molecule has 0 aliphatic carbocycles. The predicted molar refractivity (Wildman–Crippen MR) is 102 cm³/mol. The molecule has 1 saturated heterocycles. The van der Waals surface area contributed by atoms with Crippen LogP contribution in [0.4, 0.5) is 0 Å². The van der Waals surface area contributed by atoms with Crippen molar-refractivity contribution in [2.24, 2.45) is 7.05 Å². The number of nitrogens with one attached hydrogen (secondary N) is 1. The molecule has 27 heavy (non-hydrogen) atoms. The first-order valence-electron chi connectivity index (χ1n) is 9.10. The van der Waals surface area contributed by atoms with Gasteiger partial charge in [0.05, 0.1) is 12.3 Å². The number of aryl methyl sites for hydroxylation is 1. The number of hydrogen-bond acceptors (Lipinski definition) is 4. The van der Waals surface area contributed by atoms with E-state index in [4.69, 9.17) is 4.74 Å². The second kappa shape index (κ2) is 7.72. The van der Waals surface area contributed by atoms with E-state index in [0.29, 0.717) is 12.2 Å². The second-order valence-electron chi connectivity index (χ2n) is 6.82. The molecule has 1 aliphatic heterocycles. The van der Waals surface area contributed by atoms with Gasteiger partial charge in [-0.15, -0.1) is 0 Å². The van der Waals surface area contributed by atoms with Gasteiger partial charge >= 0.3 is 0 Å². The standard InChI is InChI=1S/C21H22N4O2/c1-25-14-18(13-23-25)20-12-19(7-10-27-20)24-21(26)17-4-2-3-16(11-17)15-5-8-22-9-6-15/h2-6,8-9,11,13-14,19-20H,7,10,12H2,1H3,(H,24,26). The van der Waals surface area contributed by atoms with Gasteiger partial charge in [0, 0.05) is 49.4 Å². The normalized spacial score (nSPS) is 19.6. The van der Waals surface area contributed by atoms with Crippen LogP contribution in [0.25, 0.3) is 11.1 Å². The Morgan fingerprint density at radius 1 is 1.22 bits per heavy atom. The van der Waals surface area contributed by atoms with Crippen molar-refractivity contribution in [2.45, 2.75) is 25.0 Å². The molecule has 4 rings (SSSR count). The van der Waals surface area contributed by atoms with Crippen LogP contribution >= 0.6 is 0 Å². The van der Waals surface area contributed by atoms with Gasteiger partial charge in [0.1, 0.15) is 0 Å². The van der Waals surface area contributed by atoms with Crippen LogP contribution in [0.2, 0.25) is 0 Å². The molecule has 1 amide bonds. The third-order valence-electron chi connectivity index (χ3n) is 4.85. The molecule has 3 heterocycles. The molecular formula is C21H22N4O2. The highest BCUT2D eigenvalue weighted by molar-refractivity contribution is 5.95. The molecule has 0 saturated carbocycles. The van der Waals surface area contributed by atoms with Crippen LogP contribution in [-0.4, -0.2) is 33.3 Å². The molecule has 2 atom stereocenters. The summed E-state index contributed by atoms with van der Waals surface area (Å²) in [5.74, 6) is -0.0530. The van der Waals surface area contributed by atoms with Gasteiger partial charge in [0.15, 0.2) is 0 Å². The maximum Gasteiger partial charge on any atom is 0.251 e. The van der Waals surface area contributed by atoms with Gasteiger partial charge in [-0.1, -0.05) is 12.1 Å². The summed E-state index contributed by atoms with van der Waals surface area (Å²) in [5, 5.41) is 7.37. The molecule has 6 heteroatoms. The SMILES string of the molecule is Cn1cc(C2CC(NC(=O)c3cccc(-c4ccncc4)c3)CCO2)cn1. The fourth-order valence-electron chi connectivity index (χ4n) is 3.42. The lowest BCUT2D eigenvalue weighted by Gasteiger charge is -2.29. The number of benzene rings is 1. The van der Waals surface area contributed by atoms with Crippen molar-refractivity contribution in [1.29, 1.82) is 0 Å². The summed E-state index contributed by atoms with van der Waals surface area (Å²) in [6, 6.07) is 11.6. The molecular weight excluding hydrogens is 340 g/mol. The van der Waals surface area contributed by atoms with Gasteiger partial charge in [0.25, 0.3) is 5.91 Å². The Labute approximate surface area is 158 Å². The summed E-state index contributed by atoms with van der Waals surface area (Å²) in [5.41, 5.74) is 3.76. The minimum absolute atomic E-state index is 0.0269. The molecule has 0 spiro atoms. The number of ether oxygens (including phenoxy) is 1. The summed E-state index contributed by atoms with van der Waals surface area (Å²) >= 11 is 0. The van der Waals surface area contributed by atoms with Gasteiger partial charge < -0.3 is 10.1 Å². The highest BCUT2D eigenvalue weighted by atomic mass is 16.5. The van der Waals surface area contributed by atoms with Gasteiger partial charge in [-0.25, -0.2) is 0 Å². The fraction of sp³-hybridized carbons (Fsp3) is 0.286. The molecule has 1 fully saturated rings. The summed E-state index contributed by atoms with van der Waals surface area (Å²) < 4.78 is 7.63. The van der Waals surface area contributed by atoms with Gasteiger partial charge in [-0.3, -0.25) is 14.5 Å². The van der Waals surface area contributed by atoms with E-state index in [2.05, 4.69) is 15.4 Å². The Bertz CT molecular complexity index is 923. The van der Waals surface area contributed by atoms with Crippen molar-refractivity contribution >= 4 is 5.91 Å². The van der Waals surface area contributed by atoms with Gasteiger partial charge in [-0.05, 0) is 48.2 Å². The Balaban J connectivity index is 1.44. The quantitative estimate of drug-likeness (QED) is 0.774. The van der Waals surface area contributed by atoms with E-state index in [9.17, 15) is 4.79 Å². The van der Waals surface area contributed by atoms with Crippen LogP contribution in [0.5, 0.6) is 0 Å². The number of nitrogens with zero attached hydrogens (tertiary/aromatic N) is 3. The number of carbonyl (C=O) groups is 1. The van der Waals surface area contributed by atoms with E-state index >= 15 is 0 Å². The number of carbonyl (C=O) groups excluding carboxylic acids is 1. The maximum atomic E-state index is 12.8. The van der Waals surface area contributed by atoms with E-state index in [1.165, 1.54) is 0 Å². The van der Waals surface area contributed by atoms with Crippen molar-refractivity contribution in [3.8, 4) is 11.1 Å². The van der Waals surface area contributed by atoms with E-state index in [1.807, 2.05) is 55.8 Å². The topological polar surface area (TPSA) is 69.0 Å². The van der Waals surface area contributed by atoms with Gasteiger partial charge in [0.2, 0.25) is 0 Å².